The molecule has 0 N–H and O–H groups in total. The summed E-state index contributed by atoms with van der Waals surface area (Å²) in [7, 11) is 0. The Morgan fingerprint density at radius 3 is 2.34 bits per heavy atom. The number of furan rings is 1. The average Bonchev–Trinajstić information content (AvgIpc) is 3.49. The molecule has 0 aliphatic carbocycles. The van der Waals surface area contributed by atoms with Crippen LogP contribution < -0.4 is 0 Å². The summed E-state index contributed by atoms with van der Waals surface area (Å²) in [6, 6.07) is 10.8. The maximum atomic E-state index is 13.5. The van der Waals surface area contributed by atoms with Crippen LogP contribution in [0.2, 0.25) is 0 Å². The molecule has 2 amide bonds. The van der Waals surface area contributed by atoms with Gasteiger partial charge in [0.15, 0.2) is 5.76 Å². The van der Waals surface area contributed by atoms with Gasteiger partial charge in [-0.3, -0.25) is 9.59 Å². The van der Waals surface area contributed by atoms with Gasteiger partial charge in [-0.25, -0.2) is 9.37 Å². The van der Waals surface area contributed by atoms with Crippen LogP contribution >= 0.6 is 0 Å². The van der Waals surface area contributed by atoms with E-state index < -0.39 is 0 Å². The molecule has 1 fully saturated rings. The van der Waals surface area contributed by atoms with Crippen molar-refractivity contribution in [2.75, 3.05) is 26.2 Å². The zero-order chi connectivity index (χ0) is 22.2. The van der Waals surface area contributed by atoms with E-state index in [0.717, 1.165) is 0 Å². The lowest BCUT2D eigenvalue weighted by Gasteiger charge is -2.34. The topological polar surface area (TPSA) is 92.7 Å². The lowest BCUT2D eigenvalue weighted by atomic mass is 10.0. The fourth-order valence-electron chi connectivity index (χ4n) is 3.89. The van der Waals surface area contributed by atoms with Gasteiger partial charge in [-0.2, -0.15) is 0 Å². The number of amides is 2. The lowest BCUT2D eigenvalue weighted by Crippen LogP contribution is -2.50. The van der Waals surface area contributed by atoms with Crippen LogP contribution in [0, 0.1) is 12.7 Å². The Labute approximate surface area is 182 Å². The number of aryl methyl sites for hydroxylation is 1. The molecule has 1 aromatic carbocycles. The van der Waals surface area contributed by atoms with Gasteiger partial charge in [0.1, 0.15) is 11.5 Å². The van der Waals surface area contributed by atoms with E-state index in [1.807, 2.05) is 0 Å². The Kier molecular flexibility index (Phi) is 4.93. The van der Waals surface area contributed by atoms with Crippen molar-refractivity contribution in [1.29, 1.82) is 0 Å². The Bertz CT molecular complexity index is 1290. The summed E-state index contributed by atoms with van der Waals surface area (Å²) in [6.07, 6.45) is 1.46. The van der Waals surface area contributed by atoms with Gasteiger partial charge in [-0.1, -0.05) is 5.16 Å². The number of carbonyl (C=O) groups excluding carboxylic acids is 2. The first kappa shape index (κ1) is 19.9. The number of rotatable bonds is 3. The fourth-order valence-corrected chi connectivity index (χ4v) is 3.89. The number of benzene rings is 1. The quantitative estimate of drug-likeness (QED) is 0.490. The van der Waals surface area contributed by atoms with Gasteiger partial charge >= 0.3 is 0 Å². The van der Waals surface area contributed by atoms with Crippen molar-refractivity contribution in [3.05, 3.63) is 71.6 Å². The molecule has 0 saturated carbocycles. The zero-order valence-electron chi connectivity index (χ0n) is 17.2. The molecule has 8 nitrogen and oxygen atoms in total. The monoisotopic (exact) mass is 434 g/mol. The van der Waals surface area contributed by atoms with Crippen LogP contribution in [-0.2, 0) is 0 Å². The minimum absolute atomic E-state index is 0.193. The molecule has 0 atom stereocenters. The molecule has 9 heteroatoms. The van der Waals surface area contributed by atoms with E-state index in [4.69, 9.17) is 8.94 Å². The smallest absolute Gasteiger partial charge is 0.289 e. The lowest BCUT2D eigenvalue weighted by molar-refractivity contribution is 0.0519. The number of aromatic nitrogens is 2. The van der Waals surface area contributed by atoms with Gasteiger partial charge in [0, 0.05) is 37.4 Å². The number of hydrogen-bond donors (Lipinski definition) is 0. The average molecular weight is 434 g/mol. The van der Waals surface area contributed by atoms with E-state index in [1.54, 1.807) is 47.1 Å². The SMILES string of the molecule is Cc1cc(C(=O)N2CCN(C(=O)c3ccco3)CC2)c2c(-c3ccc(F)cc3)noc2n1. The van der Waals surface area contributed by atoms with Crippen molar-refractivity contribution < 1.29 is 22.9 Å². The van der Waals surface area contributed by atoms with E-state index in [1.165, 1.54) is 18.4 Å². The van der Waals surface area contributed by atoms with Crippen molar-refractivity contribution >= 4 is 22.9 Å². The maximum absolute atomic E-state index is 13.5. The molecular formula is C23H19FN4O4. The summed E-state index contributed by atoms with van der Waals surface area (Å²) in [5.41, 5.74) is 2.34. The molecule has 5 rings (SSSR count). The van der Waals surface area contributed by atoms with Gasteiger partial charge in [0.05, 0.1) is 17.2 Å². The summed E-state index contributed by atoms with van der Waals surface area (Å²) in [4.78, 5) is 33.7. The fraction of sp³-hybridized carbons (Fsp3) is 0.217. The van der Waals surface area contributed by atoms with Crippen LogP contribution in [0.5, 0.6) is 0 Å². The van der Waals surface area contributed by atoms with Gasteiger partial charge in [0.25, 0.3) is 17.5 Å². The van der Waals surface area contributed by atoms with Crippen LogP contribution in [0.15, 0.2) is 57.7 Å². The van der Waals surface area contributed by atoms with E-state index >= 15 is 0 Å². The van der Waals surface area contributed by atoms with E-state index in [0.29, 0.717) is 54.1 Å². The Balaban J connectivity index is 1.43. The normalized spacial score (nSPS) is 14.2. The highest BCUT2D eigenvalue weighted by Gasteiger charge is 2.29. The Hall–Kier alpha value is -4.01. The minimum Gasteiger partial charge on any atom is -0.459 e. The number of nitrogens with zero attached hydrogens (tertiary/aromatic N) is 4. The van der Waals surface area contributed by atoms with Crippen LogP contribution in [0.25, 0.3) is 22.4 Å². The highest BCUT2D eigenvalue weighted by Crippen LogP contribution is 2.31. The predicted molar refractivity (Wildman–Crippen MR) is 112 cm³/mol. The first-order valence-electron chi connectivity index (χ1n) is 10.2. The van der Waals surface area contributed by atoms with E-state index in [9.17, 15) is 14.0 Å². The molecule has 1 aliphatic heterocycles. The Morgan fingerprint density at radius 2 is 1.69 bits per heavy atom. The summed E-state index contributed by atoms with van der Waals surface area (Å²) in [5, 5.41) is 4.58. The van der Waals surface area contributed by atoms with Crippen molar-refractivity contribution in [2.45, 2.75) is 6.92 Å². The summed E-state index contributed by atoms with van der Waals surface area (Å²) >= 11 is 0. The van der Waals surface area contributed by atoms with E-state index in [2.05, 4.69) is 10.1 Å². The van der Waals surface area contributed by atoms with Crippen LogP contribution in [0.1, 0.15) is 26.6 Å². The molecule has 1 saturated heterocycles. The molecule has 0 bridgehead atoms. The highest BCUT2D eigenvalue weighted by molar-refractivity contribution is 6.09. The molecule has 0 unspecified atom stereocenters. The van der Waals surface area contributed by atoms with Crippen molar-refractivity contribution in [2.24, 2.45) is 0 Å². The first-order chi connectivity index (χ1) is 15.5. The molecule has 0 radical (unpaired) electrons. The maximum Gasteiger partial charge on any atom is 0.289 e. The number of piperazine rings is 1. The second-order valence-electron chi connectivity index (χ2n) is 7.59. The van der Waals surface area contributed by atoms with Crippen molar-refractivity contribution in [3.63, 3.8) is 0 Å². The molecule has 1 aliphatic rings. The Morgan fingerprint density at radius 1 is 1.00 bits per heavy atom. The molecule has 4 heterocycles. The van der Waals surface area contributed by atoms with Gasteiger partial charge in [0.2, 0.25) is 0 Å². The number of halogens is 1. The molecule has 0 spiro atoms. The van der Waals surface area contributed by atoms with Gasteiger partial charge in [-0.05, 0) is 49.4 Å². The second-order valence-corrected chi connectivity index (χ2v) is 7.59. The third-order valence-electron chi connectivity index (χ3n) is 5.51. The number of pyridine rings is 1. The van der Waals surface area contributed by atoms with Gasteiger partial charge in [-0.15, -0.1) is 0 Å². The molecule has 3 aromatic heterocycles. The highest BCUT2D eigenvalue weighted by atomic mass is 19.1. The predicted octanol–water partition coefficient (Wildman–Crippen LogP) is 3.53. The van der Waals surface area contributed by atoms with Crippen LogP contribution in [0.3, 0.4) is 0 Å². The number of fused-ring (bicyclic) bond motifs is 1. The molecule has 4 aromatic rings. The summed E-state index contributed by atoms with van der Waals surface area (Å²) < 4.78 is 24.0. The van der Waals surface area contributed by atoms with Crippen LogP contribution in [0.4, 0.5) is 4.39 Å². The van der Waals surface area contributed by atoms with Crippen LogP contribution in [-0.4, -0.2) is 57.9 Å². The third-order valence-corrected chi connectivity index (χ3v) is 5.51. The standard InChI is InChI=1S/C23H19FN4O4/c1-14-13-17(19-20(26-32-21(19)25-14)15-4-6-16(24)7-5-15)22(29)27-8-10-28(11-9-27)23(30)18-3-2-12-31-18/h2-7,12-13H,8-11H2,1H3. The number of hydrogen-bond acceptors (Lipinski definition) is 6. The van der Waals surface area contributed by atoms with Crippen molar-refractivity contribution in [1.82, 2.24) is 19.9 Å². The number of carbonyl (C=O) groups is 2. The largest absolute Gasteiger partial charge is 0.459 e. The molecule has 32 heavy (non-hydrogen) atoms. The van der Waals surface area contributed by atoms with E-state index in [-0.39, 0.29) is 29.1 Å². The summed E-state index contributed by atoms with van der Waals surface area (Å²) in [6.45, 7) is 3.33. The van der Waals surface area contributed by atoms with Gasteiger partial charge < -0.3 is 18.7 Å². The second kappa shape index (κ2) is 7.92. The zero-order valence-corrected chi connectivity index (χ0v) is 17.2. The molecular weight excluding hydrogens is 415 g/mol. The minimum atomic E-state index is -0.367. The summed E-state index contributed by atoms with van der Waals surface area (Å²) in [5.74, 6) is -0.475. The molecule has 162 valence electrons. The van der Waals surface area contributed by atoms with Crippen molar-refractivity contribution in [3.8, 4) is 11.3 Å². The third kappa shape index (κ3) is 3.51. The first-order valence-corrected chi connectivity index (χ1v) is 10.2.